The highest BCUT2D eigenvalue weighted by molar-refractivity contribution is 5.79. The van der Waals surface area contributed by atoms with Crippen LogP contribution in [0.15, 0.2) is 30.3 Å². The molecule has 0 spiro atoms. The van der Waals surface area contributed by atoms with Crippen molar-refractivity contribution in [3.63, 3.8) is 0 Å². The third kappa shape index (κ3) is 7.63. The molecule has 1 aliphatic rings. The van der Waals surface area contributed by atoms with E-state index in [1.54, 1.807) is 27.8 Å². The van der Waals surface area contributed by atoms with Gasteiger partial charge in [0.1, 0.15) is 12.2 Å². The van der Waals surface area contributed by atoms with Crippen molar-refractivity contribution in [3.8, 4) is 0 Å². The minimum absolute atomic E-state index is 0.0777. The van der Waals surface area contributed by atoms with Gasteiger partial charge in [0.05, 0.1) is 12.1 Å². The van der Waals surface area contributed by atoms with Gasteiger partial charge in [0, 0.05) is 13.0 Å². The number of ether oxygens (including phenoxy) is 2. The number of hydrogen-bond donors (Lipinski definition) is 3. The number of alkyl carbamates (subject to hydrolysis) is 2. The van der Waals surface area contributed by atoms with E-state index < -0.39 is 23.8 Å². The van der Waals surface area contributed by atoms with Gasteiger partial charge in [0.15, 0.2) is 0 Å². The van der Waals surface area contributed by atoms with Crippen LogP contribution in [-0.4, -0.2) is 42.8 Å². The molecule has 160 valence electrons. The van der Waals surface area contributed by atoms with E-state index in [1.165, 1.54) is 0 Å². The number of rotatable bonds is 5. The molecule has 2 rings (SSSR count). The number of carbonyl (C=O) groups excluding carboxylic acids is 3. The Balaban J connectivity index is 1.97. The van der Waals surface area contributed by atoms with E-state index in [1.807, 2.05) is 30.3 Å². The lowest BCUT2D eigenvalue weighted by Gasteiger charge is -2.36. The van der Waals surface area contributed by atoms with Crippen LogP contribution in [-0.2, 0) is 20.9 Å². The van der Waals surface area contributed by atoms with Gasteiger partial charge in [-0.05, 0) is 45.6 Å². The molecule has 1 saturated carbocycles. The van der Waals surface area contributed by atoms with Crippen LogP contribution in [0.2, 0.25) is 0 Å². The van der Waals surface area contributed by atoms with Crippen LogP contribution in [0.5, 0.6) is 0 Å². The second-order valence-electron chi connectivity index (χ2n) is 8.19. The molecule has 1 fully saturated rings. The minimum Gasteiger partial charge on any atom is -0.445 e. The lowest BCUT2D eigenvalue weighted by Crippen LogP contribution is -2.56. The molecule has 8 nitrogen and oxygen atoms in total. The van der Waals surface area contributed by atoms with E-state index in [0.717, 1.165) is 5.56 Å². The molecule has 29 heavy (non-hydrogen) atoms. The van der Waals surface area contributed by atoms with Crippen molar-refractivity contribution < 1.29 is 23.9 Å². The standard InChI is InChI=1S/C21H31N3O5/c1-21(2,3)29-20(27)24-17-12-15(18(25)22-4)10-11-16(17)23-19(26)28-13-14-8-6-5-7-9-14/h5-9,15-17H,10-13H2,1-4H3,(H,22,25)(H,23,26)(H,24,27)/t15-,16-,17+/m0/s1. The Kier molecular flexibility index (Phi) is 7.87. The average molecular weight is 405 g/mol. The molecule has 0 saturated heterocycles. The molecule has 0 aliphatic heterocycles. The Morgan fingerprint density at radius 3 is 2.28 bits per heavy atom. The fraction of sp³-hybridized carbons (Fsp3) is 0.571. The van der Waals surface area contributed by atoms with Gasteiger partial charge < -0.3 is 25.4 Å². The van der Waals surface area contributed by atoms with Crippen molar-refractivity contribution in [2.45, 2.75) is 64.3 Å². The topological polar surface area (TPSA) is 106 Å². The van der Waals surface area contributed by atoms with Crippen molar-refractivity contribution >= 4 is 18.1 Å². The van der Waals surface area contributed by atoms with Crippen LogP contribution >= 0.6 is 0 Å². The summed E-state index contributed by atoms with van der Waals surface area (Å²) in [6.07, 6.45) is 0.412. The molecule has 0 unspecified atom stereocenters. The summed E-state index contributed by atoms with van der Waals surface area (Å²) < 4.78 is 10.6. The maximum Gasteiger partial charge on any atom is 0.407 e. The first-order chi connectivity index (χ1) is 13.7. The van der Waals surface area contributed by atoms with Crippen LogP contribution in [0.4, 0.5) is 9.59 Å². The van der Waals surface area contributed by atoms with Gasteiger partial charge >= 0.3 is 12.2 Å². The summed E-state index contributed by atoms with van der Waals surface area (Å²) in [6.45, 7) is 5.48. The van der Waals surface area contributed by atoms with Crippen molar-refractivity contribution in [1.29, 1.82) is 0 Å². The van der Waals surface area contributed by atoms with E-state index >= 15 is 0 Å². The summed E-state index contributed by atoms with van der Waals surface area (Å²) in [5.41, 5.74) is 0.241. The number of carbonyl (C=O) groups is 3. The van der Waals surface area contributed by atoms with Gasteiger partial charge in [-0.15, -0.1) is 0 Å². The van der Waals surface area contributed by atoms with Gasteiger partial charge in [0.2, 0.25) is 5.91 Å². The monoisotopic (exact) mass is 405 g/mol. The van der Waals surface area contributed by atoms with Crippen LogP contribution in [0, 0.1) is 5.92 Å². The number of amides is 3. The first kappa shape index (κ1) is 22.5. The van der Waals surface area contributed by atoms with Crippen molar-refractivity contribution in [1.82, 2.24) is 16.0 Å². The van der Waals surface area contributed by atoms with Crippen LogP contribution in [0.3, 0.4) is 0 Å². The summed E-state index contributed by atoms with van der Waals surface area (Å²) in [6, 6.07) is 8.58. The molecule has 3 N–H and O–H groups in total. The zero-order valence-corrected chi connectivity index (χ0v) is 17.5. The first-order valence-electron chi connectivity index (χ1n) is 9.86. The second kappa shape index (κ2) is 10.1. The normalized spacial score (nSPS) is 21.6. The van der Waals surface area contributed by atoms with E-state index in [2.05, 4.69) is 16.0 Å². The second-order valence-corrected chi connectivity index (χ2v) is 8.19. The van der Waals surface area contributed by atoms with Crippen molar-refractivity contribution in [2.75, 3.05) is 7.05 Å². The number of nitrogens with one attached hydrogen (secondary N) is 3. The molecule has 1 aromatic carbocycles. The van der Waals surface area contributed by atoms with Gasteiger partial charge in [-0.1, -0.05) is 30.3 Å². The van der Waals surface area contributed by atoms with E-state index in [0.29, 0.717) is 19.3 Å². The molecule has 0 aromatic heterocycles. The molecule has 3 amide bonds. The summed E-state index contributed by atoms with van der Waals surface area (Å²) in [5.74, 6) is -0.315. The number of hydrogen-bond acceptors (Lipinski definition) is 5. The first-order valence-corrected chi connectivity index (χ1v) is 9.86. The van der Waals surface area contributed by atoms with Crippen LogP contribution in [0.1, 0.15) is 45.6 Å². The maximum atomic E-state index is 12.3. The highest BCUT2D eigenvalue weighted by atomic mass is 16.6. The van der Waals surface area contributed by atoms with Crippen LogP contribution in [0.25, 0.3) is 0 Å². The molecule has 1 aromatic rings. The summed E-state index contributed by atoms with van der Waals surface area (Å²) >= 11 is 0. The highest BCUT2D eigenvalue weighted by Crippen LogP contribution is 2.25. The summed E-state index contributed by atoms with van der Waals surface area (Å²) in [4.78, 5) is 36.5. The molecule has 3 atom stereocenters. The Morgan fingerprint density at radius 1 is 1.00 bits per heavy atom. The predicted octanol–water partition coefficient (Wildman–Crippen LogP) is 2.72. The van der Waals surface area contributed by atoms with Gasteiger partial charge in [-0.3, -0.25) is 4.79 Å². The fourth-order valence-electron chi connectivity index (χ4n) is 3.32. The van der Waals surface area contributed by atoms with E-state index in [9.17, 15) is 14.4 Å². The highest BCUT2D eigenvalue weighted by Gasteiger charge is 2.36. The SMILES string of the molecule is CNC(=O)[C@H]1CC[C@H](NC(=O)OCc2ccccc2)[C@H](NC(=O)OC(C)(C)C)C1. The molecule has 1 aliphatic carbocycles. The summed E-state index contributed by atoms with van der Waals surface area (Å²) in [5, 5.41) is 8.27. The summed E-state index contributed by atoms with van der Waals surface area (Å²) in [7, 11) is 1.59. The maximum absolute atomic E-state index is 12.3. The predicted molar refractivity (Wildman–Crippen MR) is 108 cm³/mol. The average Bonchev–Trinajstić information content (AvgIpc) is 2.66. The van der Waals surface area contributed by atoms with Crippen molar-refractivity contribution in [2.24, 2.45) is 5.92 Å². The zero-order valence-electron chi connectivity index (χ0n) is 17.5. The molecule has 8 heteroatoms. The Labute approximate surface area is 171 Å². The molecular formula is C21H31N3O5. The molecule has 0 radical (unpaired) electrons. The lowest BCUT2D eigenvalue weighted by molar-refractivity contribution is -0.125. The lowest BCUT2D eigenvalue weighted by atomic mass is 9.82. The quantitative estimate of drug-likeness (QED) is 0.698. The fourth-order valence-corrected chi connectivity index (χ4v) is 3.32. The smallest absolute Gasteiger partial charge is 0.407 e. The third-order valence-corrected chi connectivity index (χ3v) is 4.69. The van der Waals surface area contributed by atoms with E-state index in [-0.39, 0.29) is 24.5 Å². The van der Waals surface area contributed by atoms with Gasteiger partial charge in [0.25, 0.3) is 0 Å². The molecular weight excluding hydrogens is 374 g/mol. The molecule has 0 heterocycles. The van der Waals surface area contributed by atoms with Crippen LogP contribution < -0.4 is 16.0 Å². The van der Waals surface area contributed by atoms with E-state index in [4.69, 9.17) is 9.47 Å². The minimum atomic E-state index is -0.642. The third-order valence-electron chi connectivity index (χ3n) is 4.69. The Bertz CT molecular complexity index is 702. The Morgan fingerprint density at radius 2 is 1.66 bits per heavy atom. The Hall–Kier alpha value is -2.77. The number of benzene rings is 1. The molecule has 0 bridgehead atoms. The van der Waals surface area contributed by atoms with Gasteiger partial charge in [-0.25, -0.2) is 9.59 Å². The largest absolute Gasteiger partial charge is 0.445 e. The van der Waals surface area contributed by atoms with Crippen molar-refractivity contribution in [3.05, 3.63) is 35.9 Å². The zero-order chi connectivity index (χ0) is 21.4. The van der Waals surface area contributed by atoms with Gasteiger partial charge in [-0.2, -0.15) is 0 Å².